The minimum atomic E-state index is -2.67. The molecule has 1 aliphatic carbocycles. The summed E-state index contributed by atoms with van der Waals surface area (Å²) in [5.74, 6) is -2.63. The largest absolute Gasteiger partial charge is 0.357 e. The van der Waals surface area contributed by atoms with Gasteiger partial charge in [-0.25, -0.2) is 13.8 Å². The number of nitrogens with one attached hydrogen (secondary N) is 2. The Labute approximate surface area is 250 Å². The van der Waals surface area contributed by atoms with Crippen LogP contribution in [-0.4, -0.2) is 49.2 Å². The van der Waals surface area contributed by atoms with Crippen LogP contribution in [0.1, 0.15) is 42.0 Å². The summed E-state index contributed by atoms with van der Waals surface area (Å²) in [7, 11) is 1.82. The van der Waals surface area contributed by atoms with Crippen molar-refractivity contribution in [3.63, 3.8) is 0 Å². The maximum absolute atomic E-state index is 13.3. The van der Waals surface area contributed by atoms with Crippen molar-refractivity contribution in [3.8, 4) is 0 Å². The number of aromatic nitrogens is 5. The summed E-state index contributed by atoms with van der Waals surface area (Å²) in [5.41, 5.74) is 4.17. The Morgan fingerprint density at radius 1 is 1.27 bits per heavy atom. The van der Waals surface area contributed by atoms with E-state index in [0.29, 0.717) is 5.82 Å². The van der Waals surface area contributed by atoms with Crippen LogP contribution < -0.4 is 20.3 Å². The minimum Gasteiger partial charge on any atom is -0.357 e. The van der Waals surface area contributed by atoms with Gasteiger partial charge in [-0.05, 0) is 62.9 Å². The van der Waals surface area contributed by atoms with Gasteiger partial charge in [-0.1, -0.05) is 18.5 Å². The Morgan fingerprint density at radius 2 is 1.98 bits per heavy atom. The quantitative estimate of drug-likeness (QED) is 0.228. The number of amides is 1. The van der Waals surface area contributed by atoms with Crippen LogP contribution in [0.25, 0.3) is 0 Å². The van der Waals surface area contributed by atoms with Gasteiger partial charge in [-0.15, -0.1) is 0 Å². The molecule has 222 valence electrons. The third kappa shape index (κ3) is 7.04. The van der Waals surface area contributed by atoms with Gasteiger partial charge in [0, 0.05) is 26.2 Å². The lowest BCUT2D eigenvalue weighted by Crippen LogP contribution is -2.38. The Kier molecular flexibility index (Phi) is 9.66. The first-order valence-corrected chi connectivity index (χ1v) is 14.7. The smallest absolute Gasteiger partial charge is 0.264 e. The molecule has 0 saturated heterocycles. The number of aryl methyl sites for hydroxylation is 2. The van der Waals surface area contributed by atoms with Crippen molar-refractivity contribution in [1.82, 2.24) is 34.7 Å². The molecule has 0 aromatic carbocycles. The lowest BCUT2D eigenvalue weighted by molar-refractivity contribution is -0.00917. The van der Waals surface area contributed by atoms with Crippen LogP contribution in [0.4, 0.5) is 14.6 Å². The molecule has 3 aromatic heterocycles. The van der Waals surface area contributed by atoms with E-state index < -0.39 is 17.6 Å². The van der Waals surface area contributed by atoms with E-state index in [-0.39, 0.29) is 29.7 Å². The number of hydrogen-bond donors (Lipinski definition) is 3. The summed E-state index contributed by atoms with van der Waals surface area (Å²) in [6, 6.07) is 3.18. The predicted octanol–water partition coefficient (Wildman–Crippen LogP) is 4.62. The van der Waals surface area contributed by atoms with Gasteiger partial charge in [0.1, 0.15) is 17.2 Å². The average molecular weight is 628 g/mol. The first-order chi connectivity index (χ1) is 19.4. The number of pyridine rings is 1. The van der Waals surface area contributed by atoms with Crippen molar-refractivity contribution in [2.24, 2.45) is 17.6 Å². The third-order valence-corrected chi connectivity index (χ3v) is 8.73. The molecule has 0 bridgehead atoms. The second-order valence-electron chi connectivity index (χ2n) is 9.80. The molecule has 1 aliphatic heterocycles. The van der Waals surface area contributed by atoms with Gasteiger partial charge in [-0.2, -0.15) is 15.6 Å². The fourth-order valence-electron chi connectivity index (χ4n) is 3.83. The summed E-state index contributed by atoms with van der Waals surface area (Å²) in [4.78, 5) is 18.6. The summed E-state index contributed by atoms with van der Waals surface area (Å²) in [5, 5.41) is 15.2. The molecular weight excluding hydrogens is 596 g/mol. The van der Waals surface area contributed by atoms with E-state index in [1.165, 1.54) is 18.9 Å². The van der Waals surface area contributed by atoms with Crippen LogP contribution in [-0.2, 0) is 18.3 Å². The molecule has 2 aliphatic rings. The van der Waals surface area contributed by atoms with Crippen molar-refractivity contribution >= 4 is 47.2 Å². The number of carbonyl (C=O) groups is 1. The van der Waals surface area contributed by atoms with E-state index in [4.69, 9.17) is 21.5 Å². The molecule has 5 rings (SSSR count). The van der Waals surface area contributed by atoms with E-state index in [1.807, 2.05) is 25.6 Å². The molecule has 41 heavy (non-hydrogen) atoms. The molecular formula is C25H32ClF2N9O2S2. The van der Waals surface area contributed by atoms with Crippen molar-refractivity contribution < 1.29 is 18.3 Å². The summed E-state index contributed by atoms with van der Waals surface area (Å²) < 4.78 is 38.5. The number of rotatable bonds is 9. The van der Waals surface area contributed by atoms with E-state index in [0.717, 1.165) is 39.7 Å². The zero-order valence-electron chi connectivity index (χ0n) is 23.2. The second kappa shape index (κ2) is 12.7. The average Bonchev–Trinajstić information content (AvgIpc) is 3.41. The van der Waals surface area contributed by atoms with Gasteiger partial charge >= 0.3 is 0 Å². The summed E-state index contributed by atoms with van der Waals surface area (Å²) in [6.07, 6.45) is 6.08. The van der Waals surface area contributed by atoms with Crippen LogP contribution in [0, 0.1) is 19.3 Å². The number of nitrogens with zero attached hydrogens (tertiary/aromatic N) is 6. The topological polar surface area (TPSA) is 128 Å². The van der Waals surface area contributed by atoms with Crippen molar-refractivity contribution in [1.29, 1.82) is 0 Å². The molecule has 2 unspecified atom stereocenters. The summed E-state index contributed by atoms with van der Waals surface area (Å²) in [6.45, 7) is 8.33. The maximum Gasteiger partial charge on any atom is 0.264 e. The number of alkyl halides is 2. The third-order valence-electron chi connectivity index (χ3n) is 6.88. The van der Waals surface area contributed by atoms with Gasteiger partial charge in [0.05, 0.1) is 51.2 Å². The molecule has 4 heterocycles. The van der Waals surface area contributed by atoms with Crippen molar-refractivity contribution in [3.05, 3.63) is 58.9 Å². The van der Waals surface area contributed by atoms with Gasteiger partial charge < -0.3 is 4.74 Å². The van der Waals surface area contributed by atoms with Gasteiger partial charge in [0.25, 0.3) is 11.8 Å². The highest BCUT2D eigenvalue weighted by molar-refractivity contribution is 7.98. The highest BCUT2D eigenvalue weighted by Gasteiger charge is 2.68. The molecule has 11 nitrogen and oxygen atoms in total. The fourth-order valence-corrected chi connectivity index (χ4v) is 5.14. The maximum atomic E-state index is 13.3. The molecule has 3 aromatic rings. The molecule has 1 saturated carbocycles. The van der Waals surface area contributed by atoms with Crippen LogP contribution in [0.5, 0.6) is 0 Å². The molecule has 16 heteroatoms. The Bertz CT molecular complexity index is 1410. The van der Waals surface area contributed by atoms with Crippen LogP contribution in [0.2, 0.25) is 5.15 Å². The Morgan fingerprint density at radius 3 is 2.51 bits per heavy atom. The Hall–Kier alpha value is -2.69. The van der Waals surface area contributed by atoms with Gasteiger partial charge in [0.2, 0.25) is 0 Å². The van der Waals surface area contributed by atoms with Gasteiger partial charge in [0.15, 0.2) is 0 Å². The van der Waals surface area contributed by atoms with Crippen LogP contribution in [0.3, 0.4) is 0 Å². The molecule has 0 radical (unpaired) electrons. The molecule has 2 atom stereocenters. The summed E-state index contributed by atoms with van der Waals surface area (Å²) >= 11 is 8.62. The van der Waals surface area contributed by atoms with Crippen molar-refractivity contribution in [2.75, 3.05) is 11.6 Å². The number of hydrogen-bond acceptors (Lipinski definition) is 10. The molecule has 1 amide bonds. The number of ether oxygens (including phenoxy) is 1. The standard InChI is InChI=1S/C19H21ClF2N6O2S.C6H11N3S/c1-11-13(8-23-27(11)3)31-26-17(29)12-4-5-14(24-16(12)20)28-7-6-15(25-28)30-10-18(2)9-19(18,21)22;1-3-9-5(2)6(10-7)4-8-9/h4-8,15,25H,9-10H2,1-3H3,(H,26,29);4H,3,7H2,1-2H3. The number of halogens is 3. The predicted molar refractivity (Wildman–Crippen MR) is 155 cm³/mol. The van der Waals surface area contributed by atoms with Crippen LogP contribution >= 0.6 is 35.5 Å². The fraction of sp³-hybridized carbons (Fsp3) is 0.440. The molecule has 4 N–H and O–H groups in total. The second-order valence-corrected chi connectivity index (χ2v) is 11.7. The van der Waals surface area contributed by atoms with Gasteiger partial charge in [-0.3, -0.25) is 29.0 Å². The van der Waals surface area contributed by atoms with Crippen molar-refractivity contribution in [2.45, 2.75) is 62.6 Å². The van der Waals surface area contributed by atoms with E-state index >= 15 is 0 Å². The highest BCUT2D eigenvalue weighted by atomic mass is 35.5. The number of anilines is 1. The minimum absolute atomic E-state index is 0.0308. The van der Waals surface area contributed by atoms with Crippen LogP contribution in [0.15, 0.2) is 46.6 Å². The van der Waals surface area contributed by atoms with E-state index in [2.05, 4.69) is 32.3 Å². The monoisotopic (exact) mass is 627 g/mol. The number of nitrogens with two attached hydrogens (primary N) is 1. The van der Waals surface area contributed by atoms with E-state index in [1.54, 1.807) is 46.5 Å². The zero-order chi connectivity index (χ0) is 29.9. The lowest BCUT2D eigenvalue weighted by Gasteiger charge is -2.21. The SMILES string of the molecule is CCn1ncc(SN)c1C.Cc1c(SNC(=O)c2ccc(N3C=CC(OCC4(C)CC4(F)F)N3)nc2Cl)cnn1C. The normalized spacial score (nSPS) is 20.6. The number of hydrazine groups is 1. The molecule has 1 fully saturated rings. The zero-order valence-corrected chi connectivity index (χ0v) is 25.6. The first kappa shape index (κ1) is 31.3. The number of carbonyl (C=O) groups excluding carboxylic acids is 1. The highest BCUT2D eigenvalue weighted by Crippen LogP contribution is 2.60. The lowest BCUT2D eigenvalue weighted by atomic mass is 10.1. The Balaban J connectivity index is 0.000000328. The van der Waals surface area contributed by atoms with E-state index in [9.17, 15) is 13.6 Å². The first-order valence-electron chi connectivity index (χ1n) is 12.6. The molecule has 0 spiro atoms.